The summed E-state index contributed by atoms with van der Waals surface area (Å²) >= 11 is 0. The summed E-state index contributed by atoms with van der Waals surface area (Å²) < 4.78 is 11.0. The molecule has 3 nitrogen and oxygen atoms in total. The second kappa shape index (κ2) is 7.09. The Morgan fingerprint density at radius 1 is 1.15 bits per heavy atom. The van der Waals surface area contributed by atoms with Crippen LogP contribution >= 0.6 is 0 Å². The van der Waals surface area contributed by atoms with Crippen molar-refractivity contribution >= 4 is 0 Å². The standard InChI is InChI=1S/C17H29NO2/c1-8-18-15(11-17(4,5)20-7)14-9-13(3)16(19-6)10-12(14)2/h9-10,15,18H,8,11H2,1-7H3. The molecule has 0 spiro atoms. The SMILES string of the molecule is CCNC(CC(C)(C)OC)c1cc(C)c(OC)cc1C. The lowest BCUT2D eigenvalue weighted by Crippen LogP contribution is -2.32. The van der Waals surface area contributed by atoms with Crippen molar-refractivity contribution in [2.24, 2.45) is 0 Å². The first-order valence-corrected chi connectivity index (χ1v) is 7.28. The molecule has 0 aromatic heterocycles. The van der Waals surface area contributed by atoms with Crippen molar-refractivity contribution in [2.45, 2.75) is 52.7 Å². The van der Waals surface area contributed by atoms with E-state index in [0.717, 1.165) is 18.7 Å². The zero-order chi connectivity index (χ0) is 15.3. The fourth-order valence-electron chi connectivity index (χ4n) is 2.52. The Kier molecular flexibility index (Phi) is 6.03. The van der Waals surface area contributed by atoms with E-state index in [1.807, 2.05) is 0 Å². The lowest BCUT2D eigenvalue weighted by atomic mass is 9.90. The van der Waals surface area contributed by atoms with Gasteiger partial charge in [-0.05, 0) is 63.4 Å². The van der Waals surface area contributed by atoms with E-state index in [1.165, 1.54) is 16.7 Å². The highest BCUT2D eigenvalue weighted by Crippen LogP contribution is 2.31. The highest BCUT2D eigenvalue weighted by molar-refractivity contribution is 5.43. The molecule has 0 aliphatic carbocycles. The van der Waals surface area contributed by atoms with Gasteiger partial charge in [0.05, 0.1) is 12.7 Å². The fourth-order valence-corrected chi connectivity index (χ4v) is 2.52. The van der Waals surface area contributed by atoms with Crippen molar-refractivity contribution in [3.63, 3.8) is 0 Å². The molecular weight excluding hydrogens is 250 g/mol. The predicted octanol–water partition coefficient (Wildman–Crippen LogP) is 3.78. The van der Waals surface area contributed by atoms with E-state index >= 15 is 0 Å². The molecule has 1 rings (SSSR count). The van der Waals surface area contributed by atoms with Crippen LogP contribution in [0, 0.1) is 13.8 Å². The zero-order valence-corrected chi connectivity index (χ0v) is 14.0. The van der Waals surface area contributed by atoms with Gasteiger partial charge in [-0.25, -0.2) is 0 Å². The number of hydrogen-bond acceptors (Lipinski definition) is 3. The molecule has 0 bridgehead atoms. The van der Waals surface area contributed by atoms with Crippen LogP contribution in [0.4, 0.5) is 0 Å². The number of aryl methyl sites for hydroxylation is 2. The van der Waals surface area contributed by atoms with Crippen LogP contribution in [-0.4, -0.2) is 26.4 Å². The molecular formula is C17H29NO2. The Labute approximate surface area is 123 Å². The molecule has 1 aromatic rings. The van der Waals surface area contributed by atoms with E-state index < -0.39 is 0 Å². The average Bonchev–Trinajstić information content (AvgIpc) is 2.40. The molecule has 0 aliphatic rings. The molecule has 0 amide bonds. The number of benzene rings is 1. The zero-order valence-electron chi connectivity index (χ0n) is 14.0. The topological polar surface area (TPSA) is 30.5 Å². The summed E-state index contributed by atoms with van der Waals surface area (Å²) in [5.41, 5.74) is 3.61. The number of hydrogen-bond donors (Lipinski definition) is 1. The van der Waals surface area contributed by atoms with E-state index in [9.17, 15) is 0 Å². The van der Waals surface area contributed by atoms with Crippen LogP contribution in [-0.2, 0) is 4.74 Å². The minimum atomic E-state index is -0.146. The second-order valence-corrected chi connectivity index (χ2v) is 5.96. The summed E-state index contributed by atoms with van der Waals surface area (Å²) in [5, 5.41) is 3.57. The summed E-state index contributed by atoms with van der Waals surface area (Å²) in [6.07, 6.45) is 0.934. The molecule has 114 valence electrons. The lowest BCUT2D eigenvalue weighted by molar-refractivity contribution is 0.00692. The van der Waals surface area contributed by atoms with Gasteiger partial charge in [-0.2, -0.15) is 0 Å². The van der Waals surface area contributed by atoms with Crippen LogP contribution in [0.1, 0.15) is 49.9 Å². The van der Waals surface area contributed by atoms with E-state index in [-0.39, 0.29) is 5.60 Å². The van der Waals surface area contributed by atoms with Crippen LogP contribution in [0.3, 0.4) is 0 Å². The minimum absolute atomic E-state index is 0.146. The van der Waals surface area contributed by atoms with E-state index in [4.69, 9.17) is 9.47 Å². The van der Waals surface area contributed by atoms with E-state index in [1.54, 1.807) is 14.2 Å². The minimum Gasteiger partial charge on any atom is -0.496 e. The average molecular weight is 279 g/mol. The lowest BCUT2D eigenvalue weighted by Gasteiger charge is -2.30. The third kappa shape index (κ3) is 4.22. The quantitative estimate of drug-likeness (QED) is 0.824. The Morgan fingerprint density at radius 3 is 2.30 bits per heavy atom. The molecule has 20 heavy (non-hydrogen) atoms. The highest BCUT2D eigenvalue weighted by Gasteiger charge is 2.25. The van der Waals surface area contributed by atoms with Gasteiger partial charge in [0.25, 0.3) is 0 Å². The van der Waals surface area contributed by atoms with Crippen LogP contribution in [0.25, 0.3) is 0 Å². The fraction of sp³-hybridized carbons (Fsp3) is 0.647. The number of nitrogens with one attached hydrogen (secondary N) is 1. The Hall–Kier alpha value is -1.06. The normalized spacial score (nSPS) is 13.3. The van der Waals surface area contributed by atoms with Crippen LogP contribution in [0.5, 0.6) is 5.75 Å². The number of rotatable bonds is 7. The van der Waals surface area contributed by atoms with Crippen molar-refractivity contribution in [1.82, 2.24) is 5.32 Å². The van der Waals surface area contributed by atoms with Crippen molar-refractivity contribution < 1.29 is 9.47 Å². The summed E-state index contributed by atoms with van der Waals surface area (Å²) in [4.78, 5) is 0. The predicted molar refractivity (Wildman–Crippen MR) is 84.6 cm³/mol. The maximum Gasteiger partial charge on any atom is 0.122 e. The molecule has 1 unspecified atom stereocenters. The summed E-state index contributed by atoms with van der Waals surface area (Å²) in [7, 11) is 3.49. The molecule has 0 aliphatic heterocycles. The van der Waals surface area contributed by atoms with Gasteiger partial charge >= 0.3 is 0 Å². The molecule has 1 N–H and O–H groups in total. The first-order valence-electron chi connectivity index (χ1n) is 7.28. The smallest absolute Gasteiger partial charge is 0.122 e. The van der Waals surface area contributed by atoms with Gasteiger partial charge in [0.15, 0.2) is 0 Å². The van der Waals surface area contributed by atoms with Crippen molar-refractivity contribution in [3.05, 3.63) is 28.8 Å². The molecule has 1 atom stereocenters. The molecule has 0 fully saturated rings. The van der Waals surface area contributed by atoms with E-state index in [2.05, 4.69) is 52.1 Å². The highest BCUT2D eigenvalue weighted by atomic mass is 16.5. The third-order valence-electron chi connectivity index (χ3n) is 3.86. The summed E-state index contributed by atoms with van der Waals surface area (Å²) in [5.74, 6) is 0.951. The molecule has 0 heterocycles. The third-order valence-corrected chi connectivity index (χ3v) is 3.86. The maximum absolute atomic E-state index is 5.59. The second-order valence-electron chi connectivity index (χ2n) is 5.96. The Balaban J connectivity index is 3.12. The monoisotopic (exact) mass is 279 g/mol. The largest absolute Gasteiger partial charge is 0.496 e. The van der Waals surface area contributed by atoms with Gasteiger partial charge in [0, 0.05) is 13.2 Å². The molecule has 0 radical (unpaired) electrons. The van der Waals surface area contributed by atoms with Crippen LogP contribution < -0.4 is 10.1 Å². The number of methoxy groups -OCH3 is 2. The van der Waals surface area contributed by atoms with Crippen molar-refractivity contribution in [3.8, 4) is 5.75 Å². The summed E-state index contributed by atoms with van der Waals surface area (Å²) in [6.45, 7) is 11.6. The molecule has 3 heteroatoms. The van der Waals surface area contributed by atoms with Crippen molar-refractivity contribution in [1.29, 1.82) is 0 Å². The number of ether oxygens (including phenoxy) is 2. The summed E-state index contributed by atoms with van der Waals surface area (Å²) in [6, 6.07) is 4.64. The first-order chi connectivity index (χ1) is 9.34. The molecule has 0 saturated heterocycles. The first kappa shape index (κ1) is 17.0. The molecule has 0 saturated carbocycles. The maximum atomic E-state index is 5.59. The van der Waals surface area contributed by atoms with Gasteiger partial charge < -0.3 is 14.8 Å². The van der Waals surface area contributed by atoms with Gasteiger partial charge in [0.1, 0.15) is 5.75 Å². The van der Waals surface area contributed by atoms with Crippen LogP contribution in [0.15, 0.2) is 12.1 Å². The van der Waals surface area contributed by atoms with Gasteiger partial charge in [-0.3, -0.25) is 0 Å². The van der Waals surface area contributed by atoms with Gasteiger partial charge in [0.2, 0.25) is 0 Å². The Bertz CT molecular complexity index is 441. The van der Waals surface area contributed by atoms with Crippen molar-refractivity contribution in [2.75, 3.05) is 20.8 Å². The van der Waals surface area contributed by atoms with Gasteiger partial charge in [-0.15, -0.1) is 0 Å². The molecule has 1 aromatic carbocycles. The van der Waals surface area contributed by atoms with Gasteiger partial charge in [-0.1, -0.05) is 13.0 Å². The van der Waals surface area contributed by atoms with Crippen LogP contribution in [0.2, 0.25) is 0 Å². The Morgan fingerprint density at radius 2 is 1.80 bits per heavy atom. The van der Waals surface area contributed by atoms with E-state index in [0.29, 0.717) is 6.04 Å².